The molecule has 0 radical (unpaired) electrons. The first kappa shape index (κ1) is 3.72. The summed E-state index contributed by atoms with van der Waals surface area (Å²) >= 11 is 0. The molecule has 0 unspecified atom stereocenters. The lowest BCUT2D eigenvalue weighted by Gasteiger charge is -1.99. The molecule has 1 heteroatoms. The van der Waals surface area contributed by atoms with Gasteiger partial charge in [0.1, 0.15) is 0 Å². The zero-order valence-electron chi connectivity index (χ0n) is 3.72. The molecule has 0 saturated heterocycles. The molecule has 0 aromatic carbocycles. The first-order valence-electron chi connectivity index (χ1n) is 2.32. The SMILES string of the molecule is C1=C[OH+]CCC1. The highest BCUT2D eigenvalue weighted by Gasteiger charge is 1.91. The molecule has 0 saturated carbocycles. The van der Waals surface area contributed by atoms with E-state index in [-0.39, 0.29) is 0 Å². The number of ether oxygens (including phenoxy) is 1. The lowest BCUT2D eigenvalue weighted by molar-refractivity contribution is 0.0524. The standard InChI is InChI=1S/C5H8O/c1-2-4-6-5-3-1/h2,4H,1,3,5H2/p+1. The van der Waals surface area contributed by atoms with Crippen LogP contribution in [0, 0.1) is 0 Å². The van der Waals surface area contributed by atoms with Crippen LogP contribution in [0.2, 0.25) is 0 Å². The summed E-state index contributed by atoms with van der Waals surface area (Å²) in [5.41, 5.74) is 0. The molecule has 1 nitrogen and oxygen atoms in total. The van der Waals surface area contributed by atoms with Crippen molar-refractivity contribution in [2.45, 2.75) is 12.8 Å². The third-order valence-electron chi connectivity index (χ3n) is 0.869. The van der Waals surface area contributed by atoms with E-state index in [1.807, 2.05) is 6.26 Å². The lowest BCUT2D eigenvalue weighted by atomic mass is 10.3. The second-order valence-electron chi connectivity index (χ2n) is 1.43. The van der Waals surface area contributed by atoms with Crippen LogP contribution in [0.3, 0.4) is 0 Å². The average molecular weight is 85.1 g/mol. The summed E-state index contributed by atoms with van der Waals surface area (Å²) in [7, 11) is 0. The number of aliphatic hydroxyl groups is 2. The van der Waals surface area contributed by atoms with Gasteiger partial charge in [0.2, 0.25) is 6.26 Å². The van der Waals surface area contributed by atoms with Gasteiger partial charge >= 0.3 is 0 Å². The van der Waals surface area contributed by atoms with Crippen molar-refractivity contribution in [2.24, 2.45) is 0 Å². The molecular weight excluding hydrogens is 76.1 g/mol. The van der Waals surface area contributed by atoms with Gasteiger partial charge < -0.3 is 4.74 Å². The number of hydrogen-bond acceptors (Lipinski definition) is 0. The summed E-state index contributed by atoms with van der Waals surface area (Å²) in [5, 5.41) is 0. The van der Waals surface area contributed by atoms with Gasteiger partial charge in [-0.1, -0.05) is 0 Å². The third-order valence-corrected chi connectivity index (χ3v) is 0.869. The second kappa shape index (κ2) is 1.85. The predicted molar refractivity (Wildman–Crippen MR) is 25.5 cm³/mol. The first-order valence-corrected chi connectivity index (χ1v) is 2.32. The second-order valence-corrected chi connectivity index (χ2v) is 1.43. The molecule has 0 aromatic rings. The minimum absolute atomic E-state index is 1.04. The summed E-state index contributed by atoms with van der Waals surface area (Å²) in [4.78, 5) is 0. The molecule has 0 fully saturated rings. The van der Waals surface area contributed by atoms with Crippen molar-refractivity contribution in [3.8, 4) is 0 Å². The highest BCUT2D eigenvalue weighted by molar-refractivity contribution is 4.75. The molecule has 1 N–H and O–H groups in total. The molecule has 34 valence electrons. The number of rotatable bonds is 0. The van der Waals surface area contributed by atoms with Gasteiger partial charge in [0.05, 0.1) is 0 Å². The summed E-state index contributed by atoms with van der Waals surface area (Å²) in [6.45, 7) is 1.04. The van der Waals surface area contributed by atoms with Crippen molar-refractivity contribution in [1.29, 1.82) is 0 Å². The van der Waals surface area contributed by atoms with Crippen LogP contribution in [0.1, 0.15) is 12.8 Å². The zero-order valence-corrected chi connectivity index (χ0v) is 3.72. The fourth-order valence-electron chi connectivity index (χ4n) is 0.524. The fraction of sp³-hybridized carbons (Fsp3) is 0.600. The summed E-state index contributed by atoms with van der Waals surface area (Å²) < 4.78 is 4.00. The molecule has 0 aromatic heterocycles. The van der Waals surface area contributed by atoms with Gasteiger partial charge in [-0.15, -0.1) is 0 Å². The third kappa shape index (κ3) is 0.744. The van der Waals surface area contributed by atoms with Gasteiger partial charge in [-0.3, -0.25) is 0 Å². The van der Waals surface area contributed by atoms with E-state index in [4.69, 9.17) is 0 Å². The molecule has 0 spiro atoms. The van der Waals surface area contributed by atoms with E-state index in [0.29, 0.717) is 0 Å². The van der Waals surface area contributed by atoms with Crippen molar-refractivity contribution in [1.82, 2.24) is 0 Å². The molecule has 1 aliphatic heterocycles. The largest absolute Gasteiger partial charge is 0.588 e. The van der Waals surface area contributed by atoms with Gasteiger partial charge in [-0.25, -0.2) is 0 Å². The Hall–Kier alpha value is -0.460. The van der Waals surface area contributed by atoms with Gasteiger partial charge in [-0.2, -0.15) is 0 Å². The van der Waals surface area contributed by atoms with E-state index in [1.54, 1.807) is 0 Å². The predicted octanol–water partition coefficient (Wildman–Crippen LogP) is 0.822. The van der Waals surface area contributed by atoms with Gasteiger partial charge in [0.25, 0.3) is 0 Å². The van der Waals surface area contributed by atoms with Crippen molar-refractivity contribution >= 4 is 0 Å². The average Bonchev–Trinajstić information content (AvgIpc) is 1.72. The van der Waals surface area contributed by atoms with Crippen LogP contribution in [0.5, 0.6) is 0 Å². The molecule has 1 heterocycles. The maximum Gasteiger partial charge on any atom is 0.213 e. The molecular formula is C5H9O+. The molecule has 1 rings (SSSR count). The van der Waals surface area contributed by atoms with Crippen molar-refractivity contribution in [3.63, 3.8) is 0 Å². The van der Waals surface area contributed by atoms with E-state index in [0.717, 1.165) is 6.61 Å². The maximum atomic E-state index is 4.00. The lowest BCUT2D eigenvalue weighted by Crippen LogP contribution is -1.95. The van der Waals surface area contributed by atoms with E-state index >= 15 is 0 Å². The van der Waals surface area contributed by atoms with Crippen molar-refractivity contribution in [3.05, 3.63) is 12.3 Å². The molecule has 1 aliphatic rings. The van der Waals surface area contributed by atoms with E-state index in [9.17, 15) is 0 Å². The number of allylic oxidation sites excluding steroid dienone is 1. The minimum atomic E-state index is 1.04. The van der Waals surface area contributed by atoms with Crippen molar-refractivity contribution < 1.29 is 4.74 Å². The minimum Gasteiger partial charge on any atom is -0.588 e. The maximum absolute atomic E-state index is 4.00. The van der Waals surface area contributed by atoms with Crippen LogP contribution in [-0.2, 0) is 0 Å². The number of hydrogen-bond donors (Lipinski definition) is 0. The Morgan fingerprint density at radius 1 is 1.50 bits per heavy atom. The normalized spacial score (nSPS) is 20.0. The van der Waals surface area contributed by atoms with Crippen molar-refractivity contribution in [2.75, 3.05) is 6.61 Å². The summed E-state index contributed by atoms with van der Waals surface area (Å²) in [6.07, 6.45) is 6.47. The Labute approximate surface area is 37.6 Å². The quantitative estimate of drug-likeness (QED) is 0.386. The highest BCUT2D eigenvalue weighted by atomic mass is 16.5. The van der Waals surface area contributed by atoms with E-state index < -0.39 is 0 Å². The Kier molecular flexibility index (Phi) is 1.15. The van der Waals surface area contributed by atoms with Crippen LogP contribution in [0.25, 0.3) is 0 Å². The van der Waals surface area contributed by atoms with Gasteiger partial charge in [0.15, 0.2) is 6.61 Å². The highest BCUT2D eigenvalue weighted by Crippen LogP contribution is 1.95. The van der Waals surface area contributed by atoms with Crippen LogP contribution in [0.15, 0.2) is 12.3 Å². The van der Waals surface area contributed by atoms with Crippen LogP contribution in [0.4, 0.5) is 0 Å². The van der Waals surface area contributed by atoms with Crippen LogP contribution >= 0.6 is 0 Å². The smallest absolute Gasteiger partial charge is 0.213 e. The summed E-state index contributed by atoms with van der Waals surface area (Å²) in [5.74, 6) is 0. The molecule has 0 amide bonds. The monoisotopic (exact) mass is 85.1 g/mol. The first-order chi connectivity index (χ1) is 3.00. The fourth-order valence-corrected chi connectivity index (χ4v) is 0.524. The molecule has 6 heavy (non-hydrogen) atoms. The zero-order chi connectivity index (χ0) is 4.24. The Bertz CT molecular complexity index is 49.0. The van der Waals surface area contributed by atoms with Gasteiger partial charge in [0, 0.05) is 12.5 Å². The van der Waals surface area contributed by atoms with E-state index in [1.165, 1.54) is 12.8 Å². The van der Waals surface area contributed by atoms with E-state index in [2.05, 4.69) is 10.8 Å². The topological polar surface area (TPSA) is 12.8 Å². The molecule has 0 aliphatic carbocycles. The molecule has 0 bridgehead atoms. The Balaban J connectivity index is 2.26. The van der Waals surface area contributed by atoms with Gasteiger partial charge in [-0.05, 0) is 6.42 Å². The molecule has 0 atom stereocenters. The summed E-state index contributed by atoms with van der Waals surface area (Å²) in [6, 6.07) is 0. The van der Waals surface area contributed by atoms with Crippen LogP contribution in [-0.4, -0.2) is 11.3 Å². The van der Waals surface area contributed by atoms with Crippen LogP contribution < -0.4 is 0 Å². The Morgan fingerprint density at radius 3 is 2.67 bits per heavy atom. The Morgan fingerprint density at radius 2 is 2.50 bits per heavy atom.